The molecule has 1 aromatic rings. The summed E-state index contributed by atoms with van der Waals surface area (Å²) in [7, 11) is 0. The van der Waals surface area contributed by atoms with Gasteiger partial charge in [-0.3, -0.25) is 0 Å². The van der Waals surface area contributed by atoms with Crippen LogP contribution in [-0.2, 0) is 5.33 Å². The molecule has 0 heterocycles. The lowest BCUT2D eigenvalue weighted by Crippen LogP contribution is -2.02. The van der Waals surface area contributed by atoms with Crippen molar-refractivity contribution in [2.75, 3.05) is 0 Å². The molecule has 13 heavy (non-hydrogen) atoms. The van der Waals surface area contributed by atoms with Gasteiger partial charge >= 0.3 is 0 Å². The molecule has 0 saturated heterocycles. The first-order chi connectivity index (χ1) is 6.00. The third-order valence-electron chi connectivity index (χ3n) is 1.43. The standard InChI is InChI=1S/C7H2Br2F4/c8-1-2-4(10)3(9)6(12)7(13)5(2)11/h1H2. The minimum Gasteiger partial charge on any atom is -0.205 e. The minimum atomic E-state index is -1.68. The molecule has 0 spiro atoms. The van der Waals surface area contributed by atoms with Crippen LogP contribution in [0.5, 0.6) is 0 Å². The Labute approximate surface area is 88.2 Å². The molecule has 0 aliphatic heterocycles. The molecule has 0 N–H and O–H groups in total. The molecule has 0 aliphatic carbocycles. The highest BCUT2D eigenvalue weighted by atomic mass is 79.9. The number of benzene rings is 1. The second-order valence-electron chi connectivity index (χ2n) is 2.18. The highest BCUT2D eigenvalue weighted by Crippen LogP contribution is 2.29. The Kier molecular flexibility index (Phi) is 3.34. The fourth-order valence-corrected chi connectivity index (χ4v) is 1.67. The van der Waals surface area contributed by atoms with E-state index in [2.05, 4.69) is 31.9 Å². The molecule has 6 heteroatoms. The van der Waals surface area contributed by atoms with Gasteiger partial charge in [-0.25, -0.2) is 17.6 Å². The average Bonchev–Trinajstić information content (AvgIpc) is 2.13. The van der Waals surface area contributed by atoms with E-state index < -0.39 is 33.3 Å². The molecular formula is C7H2Br2F4. The van der Waals surface area contributed by atoms with Crippen molar-refractivity contribution in [3.05, 3.63) is 33.3 Å². The number of halogens is 6. The second-order valence-corrected chi connectivity index (χ2v) is 3.54. The molecule has 1 rings (SSSR count). The summed E-state index contributed by atoms with van der Waals surface area (Å²) in [5.41, 5.74) is -0.536. The molecule has 0 nitrogen and oxygen atoms in total. The molecule has 0 unspecified atom stereocenters. The average molecular weight is 322 g/mol. The lowest BCUT2D eigenvalue weighted by Gasteiger charge is -2.05. The van der Waals surface area contributed by atoms with Crippen molar-refractivity contribution in [2.45, 2.75) is 5.33 Å². The topological polar surface area (TPSA) is 0 Å². The molecule has 0 atom stereocenters. The molecule has 0 aliphatic rings. The zero-order valence-corrected chi connectivity index (χ0v) is 9.15. The van der Waals surface area contributed by atoms with Crippen molar-refractivity contribution < 1.29 is 17.6 Å². The number of hydrogen-bond acceptors (Lipinski definition) is 0. The maximum absolute atomic E-state index is 13.0. The summed E-state index contributed by atoms with van der Waals surface area (Å²) in [6.45, 7) is 0. The van der Waals surface area contributed by atoms with Crippen LogP contribution < -0.4 is 0 Å². The fourth-order valence-electron chi connectivity index (χ4n) is 0.768. The van der Waals surface area contributed by atoms with Gasteiger partial charge in [-0.05, 0) is 15.9 Å². The van der Waals surface area contributed by atoms with Gasteiger partial charge in [-0.15, -0.1) is 0 Å². The Bertz CT molecular complexity index is 322. The predicted molar refractivity (Wildman–Crippen MR) is 46.6 cm³/mol. The molecule has 0 aromatic heterocycles. The van der Waals surface area contributed by atoms with Gasteiger partial charge in [0.15, 0.2) is 17.5 Å². The highest BCUT2D eigenvalue weighted by molar-refractivity contribution is 9.10. The monoisotopic (exact) mass is 320 g/mol. The van der Waals surface area contributed by atoms with Gasteiger partial charge in [0.25, 0.3) is 0 Å². The summed E-state index contributed by atoms with van der Waals surface area (Å²) in [5, 5.41) is -0.222. The second kappa shape index (κ2) is 3.96. The lowest BCUT2D eigenvalue weighted by atomic mass is 10.2. The van der Waals surface area contributed by atoms with Crippen LogP contribution in [0.15, 0.2) is 4.47 Å². The van der Waals surface area contributed by atoms with E-state index in [0.717, 1.165) is 0 Å². The van der Waals surface area contributed by atoms with Crippen molar-refractivity contribution >= 4 is 31.9 Å². The van der Waals surface area contributed by atoms with E-state index in [-0.39, 0.29) is 5.33 Å². The minimum absolute atomic E-state index is 0.222. The van der Waals surface area contributed by atoms with E-state index in [1.165, 1.54) is 0 Å². The van der Waals surface area contributed by atoms with Crippen molar-refractivity contribution in [3.63, 3.8) is 0 Å². The third-order valence-corrected chi connectivity index (χ3v) is 2.69. The van der Waals surface area contributed by atoms with Crippen LogP contribution >= 0.6 is 31.9 Å². The van der Waals surface area contributed by atoms with E-state index in [9.17, 15) is 17.6 Å². The zero-order valence-electron chi connectivity index (χ0n) is 5.97. The summed E-state index contributed by atoms with van der Waals surface area (Å²) in [4.78, 5) is 0. The summed E-state index contributed by atoms with van der Waals surface area (Å²) in [6, 6.07) is 0. The van der Waals surface area contributed by atoms with Gasteiger partial charge in [0.1, 0.15) is 5.82 Å². The maximum Gasteiger partial charge on any atom is 0.196 e. The Morgan fingerprint density at radius 1 is 0.846 bits per heavy atom. The lowest BCUT2D eigenvalue weighted by molar-refractivity contribution is 0.423. The normalized spacial score (nSPS) is 10.6. The smallest absolute Gasteiger partial charge is 0.196 e. The molecule has 72 valence electrons. The Morgan fingerprint density at radius 2 is 1.38 bits per heavy atom. The molecule has 1 aromatic carbocycles. The van der Waals surface area contributed by atoms with Crippen LogP contribution in [0.3, 0.4) is 0 Å². The van der Waals surface area contributed by atoms with Crippen LogP contribution in [0, 0.1) is 23.3 Å². The van der Waals surface area contributed by atoms with Crippen LogP contribution in [0.25, 0.3) is 0 Å². The molecular weight excluding hydrogens is 320 g/mol. The first-order valence-corrected chi connectivity index (χ1v) is 4.98. The number of rotatable bonds is 1. The summed E-state index contributed by atoms with van der Waals surface area (Å²) < 4.78 is 50.4. The van der Waals surface area contributed by atoms with Crippen molar-refractivity contribution in [3.8, 4) is 0 Å². The van der Waals surface area contributed by atoms with Crippen molar-refractivity contribution in [1.29, 1.82) is 0 Å². The third kappa shape index (κ3) is 1.74. The van der Waals surface area contributed by atoms with Crippen molar-refractivity contribution in [1.82, 2.24) is 0 Å². The van der Waals surface area contributed by atoms with Gasteiger partial charge in [0.05, 0.1) is 4.47 Å². The van der Waals surface area contributed by atoms with Gasteiger partial charge in [0.2, 0.25) is 0 Å². The largest absolute Gasteiger partial charge is 0.205 e. The molecule has 0 bridgehead atoms. The highest BCUT2D eigenvalue weighted by Gasteiger charge is 2.22. The summed E-state index contributed by atoms with van der Waals surface area (Å²) >= 11 is 5.24. The van der Waals surface area contributed by atoms with Gasteiger partial charge < -0.3 is 0 Å². The van der Waals surface area contributed by atoms with Crippen LogP contribution in [0.1, 0.15) is 5.56 Å². The summed E-state index contributed by atoms with van der Waals surface area (Å²) in [6.07, 6.45) is 0. The Hall–Kier alpha value is -0.100. The number of hydrogen-bond donors (Lipinski definition) is 0. The van der Waals surface area contributed by atoms with E-state index in [1.807, 2.05) is 0 Å². The first kappa shape index (κ1) is 11.0. The predicted octanol–water partition coefficient (Wildman–Crippen LogP) is 3.90. The molecule has 0 amide bonds. The zero-order chi connectivity index (χ0) is 10.2. The Morgan fingerprint density at radius 3 is 1.85 bits per heavy atom. The quantitative estimate of drug-likeness (QED) is 0.318. The van der Waals surface area contributed by atoms with Crippen LogP contribution in [0.2, 0.25) is 0 Å². The summed E-state index contributed by atoms with van der Waals surface area (Å²) in [5.74, 6) is -5.87. The Balaban J connectivity index is 3.56. The van der Waals surface area contributed by atoms with Crippen LogP contribution in [0.4, 0.5) is 17.6 Å². The maximum atomic E-state index is 13.0. The molecule has 0 radical (unpaired) electrons. The number of alkyl halides is 1. The molecule has 0 fully saturated rings. The van der Waals surface area contributed by atoms with Crippen LogP contribution in [-0.4, -0.2) is 0 Å². The van der Waals surface area contributed by atoms with Gasteiger partial charge in [-0.2, -0.15) is 0 Å². The SMILES string of the molecule is Fc1c(F)c(Br)c(F)c(CBr)c1F. The van der Waals surface area contributed by atoms with E-state index in [1.54, 1.807) is 0 Å². The van der Waals surface area contributed by atoms with Crippen molar-refractivity contribution in [2.24, 2.45) is 0 Å². The van der Waals surface area contributed by atoms with Gasteiger partial charge in [-0.1, -0.05) is 15.9 Å². The van der Waals surface area contributed by atoms with Gasteiger partial charge in [0, 0.05) is 10.9 Å². The molecule has 0 saturated carbocycles. The van der Waals surface area contributed by atoms with E-state index in [0.29, 0.717) is 0 Å². The fraction of sp³-hybridized carbons (Fsp3) is 0.143. The van der Waals surface area contributed by atoms with E-state index >= 15 is 0 Å². The first-order valence-electron chi connectivity index (χ1n) is 3.07. The van der Waals surface area contributed by atoms with E-state index in [4.69, 9.17) is 0 Å².